The summed E-state index contributed by atoms with van der Waals surface area (Å²) in [7, 11) is 5.08. The lowest BCUT2D eigenvalue weighted by Crippen LogP contribution is -2.21. The van der Waals surface area contributed by atoms with Crippen molar-refractivity contribution in [2.45, 2.75) is 31.8 Å². The molecule has 27 heavy (non-hydrogen) atoms. The monoisotopic (exact) mass is 391 g/mol. The fraction of sp³-hybridized carbons (Fsp3) is 0.381. The molecule has 2 rings (SSSR count). The molecule has 6 heteroatoms. The van der Waals surface area contributed by atoms with Gasteiger partial charge in [0.1, 0.15) is 11.6 Å². The summed E-state index contributed by atoms with van der Waals surface area (Å²) in [5, 5.41) is 11.4. The van der Waals surface area contributed by atoms with Crippen molar-refractivity contribution >= 4 is 20.1 Å². The summed E-state index contributed by atoms with van der Waals surface area (Å²) in [4.78, 5) is 4.05. The van der Waals surface area contributed by atoms with Gasteiger partial charge in [0, 0.05) is 35.6 Å². The standard InChI is InChI=1S/C21H27FNO3P/c1-6-9-21(2,17-11-16(25-4)12-18(26-5)20(17)24)27-19-8-7-15(22)10-14(19)13-23-3/h7-8,10-13,24,27H,6,9H2,1-5H3. The molecule has 4 nitrogen and oxygen atoms in total. The van der Waals surface area contributed by atoms with Crippen LogP contribution in [-0.4, -0.2) is 32.6 Å². The number of halogens is 1. The highest BCUT2D eigenvalue weighted by Gasteiger charge is 2.32. The fourth-order valence-corrected chi connectivity index (χ4v) is 4.97. The molecule has 0 bridgehead atoms. The van der Waals surface area contributed by atoms with Gasteiger partial charge in [-0.25, -0.2) is 4.39 Å². The summed E-state index contributed by atoms with van der Waals surface area (Å²) in [6.45, 7) is 4.22. The Morgan fingerprint density at radius 3 is 2.56 bits per heavy atom. The van der Waals surface area contributed by atoms with Crippen molar-refractivity contribution in [3.8, 4) is 17.2 Å². The molecule has 2 aromatic carbocycles. The van der Waals surface area contributed by atoms with Gasteiger partial charge >= 0.3 is 0 Å². The van der Waals surface area contributed by atoms with Gasteiger partial charge in [-0.1, -0.05) is 34.9 Å². The van der Waals surface area contributed by atoms with Crippen molar-refractivity contribution in [3.63, 3.8) is 0 Å². The summed E-state index contributed by atoms with van der Waals surface area (Å²) in [6, 6.07) is 8.29. The number of aromatic hydroxyl groups is 1. The molecule has 0 aliphatic heterocycles. The predicted molar refractivity (Wildman–Crippen MR) is 111 cm³/mol. The first-order chi connectivity index (χ1) is 12.9. The molecule has 0 spiro atoms. The smallest absolute Gasteiger partial charge is 0.164 e. The average Bonchev–Trinajstić information content (AvgIpc) is 2.64. The quantitative estimate of drug-likeness (QED) is 0.528. The van der Waals surface area contributed by atoms with Gasteiger partial charge in [-0.05, 0) is 29.9 Å². The normalized spacial score (nSPS) is 14.0. The molecule has 146 valence electrons. The molecular weight excluding hydrogens is 364 g/mol. The van der Waals surface area contributed by atoms with Crippen molar-refractivity contribution in [2.24, 2.45) is 4.99 Å². The molecular formula is C21H27FNO3P. The first-order valence-corrected chi connectivity index (χ1v) is 9.83. The minimum atomic E-state index is -0.366. The van der Waals surface area contributed by atoms with Crippen LogP contribution in [0.1, 0.15) is 37.8 Å². The number of hydrogen-bond donors (Lipinski definition) is 1. The summed E-state index contributed by atoms with van der Waals surface area (Å²) in [5.41, 5.74) is 1.52. The van der Waals surface area contributed by atoms with E-state index in [2.05, 4.69) is 18.8 Å². The van der Waals surface area contributed by atoms with Crippen LogP contribution in [0.15, 0.2) is 35.3 Å². The Labute approximate surface area is 162 Å². The third kappa shape index (κ3) is 4.78. The minimum Gasteiger partial charge on any atom is -0.504 e. The third-order valence-corrected chi connectivity index (χ3v) is 6.34. The Balaban J connectivity index is 2.60. The lowest BCUT2D eigenvalue weighted by atomic mass is 9.93. The van der Waals surface area contributed by atoms with Crippen LogP contribution < -0.4 is 14.8 Å². The molecule has 2 aromatic rings. The molecule has 0 aliphatic carbocycles. The van der Waals surface area contributed by atoms with E-state index in [9.17, 15) is 9.50 Å². The van der Waals surface area contributed by atoms with Gasteiger partial charge in [0.05, 0.1) is 14.2 Å². The van der Waals surface area contributed by atoms with E-state index in [1.54, 1.807) is 32.5 Å². The Hall–Kier alpha value is -2.13. The summed E-state index contributed by atoms with van der Waals surface area (Å²) < 4.78 is 24.4. The van der Waals surface area contributed by atoms with Gasteiger partial charge < -0.3 is 14.6 Å². The SMILES string of the molecule is CCCC(C)(Pc1ccc(F)cc1C=NC)c1cc(OC)cc(OC)c1O. The van der Waals surface area contributed by atoms with Crippen LogP contribution in [0.4, 0.5) is 4.39 Å². The van der Waals surface area contributed by atoms with Gasteiger partial charge in [0.15, 0.2) is 11.5 Å². The second kappa shape index (κ2) is 9.18. The number of methoxy groups -OCH3 is 2. The number of hydrogen-bond acceptors (Lipinski definition) is 4. The number of phenolic OH excluding ortho intramolecular Hbond substituents is 1. The van der Waals surface area contributed by atoms with Crippen LogP contribution in [0.25, 0.3) is 0 Å². The van der Waals surface area contributed by atoms with E-state index >= 15 is 0 Å². The molecule has 0 radical (unpaired) electrons. The van der Waals surface area contributed by atoms with Crippen molar-refractivity contribution < 1.29 is 19.0 Å². The van der Waals surface area contributed by atoms with E-state index in [0.29, 0.717) is 20.1 Å². The van der Waals surface area contributed by atoms with Crippen LogP contribution in [0.3, 0.4) is 0 Å². The summed E-state index contributed by atoms with van der Waals surface area (Å²) in [6.07, 6.45) is 3.44. The van der Waals surface area contributed by atoms with Gasteiger partial charge in [-0.2, -0.15) is 0 Å². The number of aliphatic imine (C=N–C) groups is 1. The molecule has 0 amide bonds. The number of rotatable bonds is 8. The van der Waals surface area contributed by atoms with E-state index in [-0.39, 0.29) is 16.7 Å². The summed E-state index contributed by atoms with van der Waals surface area (Å²) >= 11 is 0. The number of nitrogens with zero attached hydrogens (tertiary/aromatic N) is 1. The van der Waals surface area contributed by atoms with Crippen LogP contribution in [0, 0.1) is 5.82 Å². The Morgan fingerprint density at radius 1 is 1.22 bits per heavy atom. The first-order valence-electron chi connectivity index (χ1n) is 8.83. The van der Waals surface area contributed by atoms with Crippen LogP contribution in [0.5, 0.6) is 17.2 Å². The summed E-state index contributed by atoms with van der Waals surface area (Å²) in [5.74, 6) is 0.836. The van der Waals surface area contributed by atoms with Gasteiger partial charge in [-0.3, -0.25) is 4.99 Å². The highest BCUT2D eigenvalue weighted by molar-refractivity contribution is 7.48. The maximum atomic E-state index is 13.7. The van der Waals surface area contributed by atoms with Gasteiger partial charge in [-0.15, -0.1) is 0 Å². The Kier molecular flexibility index (Phi) is 7.20. The Morgan fingerprint density at radius 2 is 1.96 bits per heavy atom. The zero-order valence-electron chi connectivity index (χ0n) is 16.5. The molecule has 0 saturated heterocycles. The van der Waals surface area contributed by atoms with Gasteiger partial charge in [0.25, 0.3) is 0 Å². The maximum Gasteiger partial charge on any atom is 0.164 e. The average molecular weight is 391 g/mol. The highest BCUT2D eigenvalue weighted by Crippen LogP contribution is 2.51. The lowest BCUT2D eigenvalue weighted by Gasteiger charge is -2.32. The maximum absolute atomic E-state index is 13.7. The van der Waals surface area contributed by atoms with E-state index in [1.165, 1.54) is 19.2 Å². The van der Waals surface area contributed by atoms with Crippen LogP contribution in [0.2, 0.25) is 0 Å². The van der Waals surface area contributed by atoms with E-state index in [4.69, 9.17) is 9.47 Å². The van der Waals surface area contributed by atoms with E-state index in [1.807, 2.05) is 6.07 Å². The molecule has 0 saturated carbocycles. The van der Waals surface area contributed by atoms with Crippen LogP contribution in [-0.2, 0) is 5.16 Å². The largest absolute Gasteiger partial charge is 0.504 e. The molecule has 0 heterocycles. The zero-order valence-corrected chi connectivity index (χ0v) is 17.5. The van der Waals surface area contributed by atoms with Crippen molar-refractivity contribution in [3.05, 3.63) is 47.3 Å². The number of phenols is 1. The van der Waals surface area contributed by atoms with Gasteiger partial charge in [0.2, 0.25) is 0 Å². The second-order valence-electron chi connectivity index (χ2n) is 6.55. The molecule has 0 aliphatic rings. The van der Waals surface area contributed by atoms with E-state index < -0.39 is 0 Å². The molecule has 0 aromatic heterocycles. The van der Waals surface area contributed by atoms with Crippen molar-refractivity contribution in [1.82, 2.24) is 0 Å². The number of benzene rings is 2. The predicted octanol–water partition coefficient (Wildman–Crippen LogP) is 4.62. The molecule has 1 N–H and O–H groups in total. The van der Waals surface area contributed by atoms with Crippen LogP contribution >= 0.6 is 8.58 Å². The topological polar surface area (TPSA) is 51.0 Å². The van der Waals surface area contributed by atoms with Crippen molar-refractivity contribution in [1.29, 1.82) is 0 Å². The highest BCUT2D eigenvalue weighted by atomic mass is 31.1. The molecule has 2 unspecified atom stereocenters. The fourth-order valence-electron chi connectivity index (χ4n) is 3.23. The van der Waals surface area contributed by atoms with E-state index in [0.717, 1.165) is 29.3 Å². The third-order valence-electron chi connectivity index (χ3n) is 4.54. The first kappa shape index (κ1) is 21.2. The number of ether oxygens (including phenoxy) is 2. The minimum absolute atomic E-state index is 0.120. The zero-order chi connectivity index (χ0) is 20.0. The molecule has 2 atom stereocenters. The molecule has 0 fully saturated rings. The van der Waals surface area contributed by atoms with Crippen molar-refractivity contribution in [2.75, 3.05) is 21.3 Å². The Bertz CT molecular complexity index is 825. The lowest BCUT2D eigenvalue weighted by molar-refractivity contribution is 0.357. The second-order valence-corrected chi connectivity index (χ2v) is 8.44.